The van der Waals surface area contributed by atoms with Crippen molar-refractivity contribution in [3.8, 4) is 0 Å². The molecule has 0 saturated heterocycles. The second-order valence-corrected chi connectivity index (χ2v) is 2.72. The molecule has 244 valence electrons. The van der Waals surface area contributed by atoms with Gasteiger partial charge < -0.3 is 0 Å². The van der Waals surface area contributed by atoms with Crippen LogP contribution in [0.3, 0.4) is 0 Å². The van der Waals surface area contributed by atoms with Crippen LogP contribution in [-0.2, 0) is 196 Å². The summed E-state index contributed by atoms with van der Waals surface area (Å²) in [6.45, 7) is 0. The van der Waals surface area contributed by atoms with Crippen molar-refractivity contribution in [2.75, 3.05) is 0 Å². The van der Waals surface area contributed by atoms with Gasteiger partial charge in [-0.15, -0.1) is 0 Å². The Hall–Kier alpha value is -1.86. The van der Waals surface area contributed by atoms with Gasteiger partial charge in [0.2, 0.25) is 0 Å². The first kappa shape index (κ1) is 39.1. The first-order valence-corrected chi connectivity index (χ1v) is 6.82. The maximum atomic E-state index is 9.55. The molecular weight excluding hydrogens is 651 g/mol. The zero-order chi connectivity index (χ0) is 29.6. The van der Waals surface area contributed by atoms with Crippen molar-refractivity contribution in [2.24, 2.45) is 0 Å². The molecule has 41 heteroatoms. The minimum atomic E-state index is -0.182. The van der Waals surface area contributed by atoms with Gasteiger partial charge in [0.05, 0.1) is 0 Å². The molecule has 0 spiro atoms. The summed E-state index contributed by atoms with van der Waals surface area (Å²) in [5, 5.41) is 135. The van der Waals surface area contributed by atoms with Gasteiger partial charge in [-0.3, -0.25) is 0 Å². The van der Waals surface area contributed by atoms with E-state index in [9.17, 15) is 4.70 Å². The van der Waals surface area contributed by atoms with E-state index < -0.39 is 0 Å². The topological polar surface area (TPSA) is 388 Å². The molecule has 0 unspecified atom stereocenters. The Balaban J connectivity index is 3.02. The van der Waals surface area contributed by atoms with Gasteiger partial charge in [-0.2, -0.15) is 0 Å². The third-order valence-corrected chi connectivity index (χ3v) is 1.08. The van der Waals surface area contributed by atoms with Crippen LogP contribution >= 0.6 is 0 Å². The summed E-state index contributed by atoms with van der Waals surface area (Å²) in [4.78, 5) is 3.48. The fourth-order valence-electron chi connectivity index (χ4n) is 0.430. The molecule has 0 bridgehead atoms. The SMILES string of the molecule is O=BOOOOOOOOOOOOOOOOOOOOOOOOOOOOOOOOOOOOOOO. The molecule has 0 aromatic rings. The van der Waals surface area contributed by atoms with E-state index in [-0.39, 0.29) is 7.35 Å². The van der Waals surface area contributed by atoms with Crippen molar-refractivity contribution in [3.05, 3.63) is 0 Å². The average molecular weight is 652 g/mol. The van der Waals surface area contributed by atoms with E-state index in [2.05, 4.69) is 191 Å². The van der Waals surface area contributed by atoms with Crippen LogP contribution in [0.5, 0.6) is 0 Å². The summed E-state index contributed by atoms with van der Waals surface area (Å²) in [5.74, 6) is 0. The van der Waals surface area contributed by atoms with Crippen LogP contribution in [0, 0.1) is 0 Å². The minimum absolute atomic E-state index is 0.182. The van der Waals surface area contributed by atoms with Gasteiger partial charge in [0.1, 0.15) is 0 Å². The molecule has 0 rings (SSSR count). The van der Waals surface area contributed by atoms with Crippen LogP contribution in [0.2, 0.25) is 0 Å². The van der Waals surface area contributed by atoms with Crippen LogP contribution in [0.1, 0.15) is 0 Å². The van der Waals surface area contributed by atoms with Crippen molar-refractivity contribution in [3.63, 3.8) is 0 Å². The molecule has 0 radical (unpaired) electrons. The summed E-state index contributed by atoms with van der Waals surface area (Å²) in [6, 6.07) is 0. The van der Waals surface area contributed by atoms with Gasteiger partial charge in [-0.05, 0) is 40.3 Å². The summed E-state index contributed by atoms with van der Waals surface area (Å²) in [5.41, 5.74) is 0. The summed E-state index contributed by atoms with van der Waals surface area (Å²) < 4.78 is 9.55. The Kier molecular flexibility index (Phi) is 36.4. The van der Waals surface area contributed by atoms with Gasteiger partial charge in [-0.1, -0.05) is 0 Å². The Labute approximate surface area is 210 Å². The molecular formula is HBO40. The van der Waals surface area contributed by atoms with Gasteiger partial charge in [0.15, 0.2) is 0 Å². The van der Waals surface area contributed by atoms with Crippen molar-refractivity contribution < 1.29 is 201 Å². The third kappa shape index (κ3) is 38.1. The molecule has 0 aromatic carbocycles. The standard InChI is InChI=1S/BHO40/c2-1-4-6-8-10-12-14-16-18-20-22-24-26-28-30-32-34-36-38-40-41-39-37-35-33-31-29-27-25-23-21-19-17-15-13-11-9-7-5-3/h3H. The molecule has 0 atom stereocenters. The number of rotatable bonds is 38. The van der Waals surface area contributed by atoms with Gasteiger partial charge >= 0.3 is 72.3 Å². The fourth-order valence-corrected chi connectivity index (χ4v) is 0.430. The van der Waals surface area contributed by atoms with Crippen molar-refractivity contribution in [2.45, 2.75) is 0 Å². The molecule has 0 aliphatic carbocycles. The summed E-state index contributed by atoms with van der Waals surface area (Å²) in [7, 11) is -0.182. The first-order chi connectivity index (χ1) is 20.4. The third-order valence-electron chi connectivity index (χ3n) is 1.08. The zero-order valence-corrected chi connectivity index (χ0v) is 16.9. The van der Waals surface area contributed by atoms with E-state index in [1.54, 1.807) is 0 Å². The Bertz CT molecular complexity index is 444. The summed E-state index contributed by atoms with van der Waals surface area (Å²) >= 11 is 0. The monoisotopic (exact) mass is 652 g/mol. The zero-order valence-electron chi connectivity index (χ0n) is 16.9. The van der Waals surface area contributed by atoms with Crippen LogP contribution in [-0.4, -0.2) is 12.6 Å². The van der Waals surface area contributed by atoms with Crippen LogP contribution in [0.4, 0.5) is 0 Å². The maximum absolute atomic E-state index is 9.55. The van der Waals surface area contributed by atoms with E-state index >= 15 is 0 Å². The van der Waals surface area contributed by atoms with Crippen LogP contribution < -0.4 is 0 Å². The molecule has 0 aliphatic heterocycles. The smallest absolute Gasteiger partial charge is 0.219 e. The molecule has 0 saturated carbocycles. The molecule has 0 aliphatic rings. The Morgan fingerprint density at radius 3 is 0.537 bits per heavy atom. The normalized spacial score (nSPS) is 11.2. The minimum Gasteiger partial charge on any atom is -0.219 e. The second kappa shape index (κ2) is 38.1. The number of hydrogen-bond donors (Lipinski definition) is 1. The quantitative estimate of drug-likeness (QED) is 0.0299. The van der Waals surface area contributed by atoms with E-state index in [4.69, 9.17) is 5.26 Å². The van der Waals surface area contributed by atoms with Crippen molar-refractivity contribution >= 4 is 7.35 Å². The Morgan fingerprint density at radius 2 is 0.390 bits per heavy atom. The first-order valence-electron chi connectivity index (χ1n) is 6.82. The number of hydrogen-bond acceptors (Lipinski definition) is 40. The Morgan fingerprint density at radius 1 is 0.244 bits per heavy atom. The molecule has 1 N–H and O–H groups in total. The molecule has 0 aromatic heterocycles. The van der Waals surface area contributed by atoms with Gasteiger partial charge in [-0.25, -0.2) is 5.26 Å². The molecule has 40 nitrogen and oxygen atoms in total. The molecule has 0 heterocycles. The van der Waals surface area contributed by atoms with Gasteiger partial charge in [0, 0.05) is 90.7 Å². The van der Waals surface area contributed by atoms with Crippen LogP contribution in [0.25, 0.3) is 0 Å². The summed E-state index contributed by atoms with van der Waals surface area (Å²) in [6.07, 6.45) is 0. The van der Waals surface area contributed by atoms with E-state index in [1.165, 1.54) is 0 Å². The molecule has 41 heavy (non-hydrogen) atoms. The van der Waals surface area contributed by atoms with Crippen molar-refractivity contribution in [1.82, 2.24) is 0 Å². The van der Waals surface area contributed by atoms with Crippen LogP contribution in [0.15, 0.2) is 0 Å². The fraction of sp³-hybridized carbons (Fsp3) is 0. The molecule has 0 amide bonds. The predicted octanol–water partition coefficient (Wildman–Crippen LogP) is -3.09. The molecule has 0 fully saturated rings. The van der Waals surface area contributed by atoms with E-state index in [1.807, 2.05) is 0 Å². The van der Waals surface area contributed by atoms with Crippen molar-refractivity contribution in [1.29, 1.82) is 0 Å². The van der Waals surface area contributed by atoms with E-state index in [0.29, 0.717) is 0 Å². The van der Waals surface area contributed by atoms with E-state index in [0.717, 1.165) is 0 Å². The average Bonchev–Trinajstić information content (AvgIpc) is 2.98. The predicted molar refractivity (Wildman–Crippen MR) is 50.3 cm³/mol. The second-order valence-electron chi connectivity index (χ2n) is 2.72. The van der Waals surface area contributed by atoms with Gasteiger partial charge in [0.25, 0.3) is 0 Å².